The Morgan fingerprint density at radius 1 is 1.38 bits per heavy atom. The van der Waals surface area contributed by atoms with E-state index in [-0.39, 0.29) is 0 Å². The summed E-state index contributed by atoms with van der Waals surface area (Å²) in [5, 5.41) is 0. The van der Waals surface area contributed by atoms with E-state index in [9.17, 15) is 0 Å². The maximum absolute atomic E-state index is 5.69. The van der Waals surface area contributed by atoms with Crippen LogP contribution in [0.25, 0.3) is 0 Å². The molecule has 0 atom stereocenters. The lowest BCUT2D eigenvalue weighted by molar-refractivity contribution is 0.857. The summed E-state index contributed by atoms with van der Waals surface area (Å²) in [4.78, 5) is 0. The molecule has 0 saturated heterocycles. The van der Waals surface area contributed by atoms with E-state index in [4.69, 9.17) is 23.2 Å². The molecule has 0 spiro atoms. The minimum atomic E-state index is -0.436. The van der Waals surface area contributed by atoms with Gasteiger partial charge in [0.2, 0.25) is 0 Å². The first-order valence-corrected chi connectivity index (χ1v) is 4.69. The largest absolute Gasteiger partial charge is 0.153 e. The van der Waals surface area contributed by atoms with Crippen LogP contribution in [-0.4, -0.2) is 8.57 Å². The third-order valence-corrected chi connectivity index (χ3v) is 1.84. The van der Waals surface area contributed by atoms with Gasteiger partial charge in [-0.2, -0.15) is 0 Å². The lowest BCUT2D eigenvalue weighted by Crippen LogP contribution is -1.99. The Labute approximate surface area is 76.2 Å². The van der Waals surface area contributed by atoms with E-state index in [2.05, 4.69) is 31.9 Å². The van der Waals surface area contributed by atoms with Gasteiger partial charge in [0, 0.05) is 5.88 Å². The van der Waals surface area contributed by atoms with Gasteiger partial charge in [-0.05, 0) is 12.8 Å². The van der Waals surface area contributed by atoms with Crippen molar-refractivity contribution in [2.24, 2.45) is 0 Å². The molecule has 0 N–H and O–H groups in total. The molecule has 0 saturated carbocycles. The molecular formula is C4H6Br2Cl2. The van der Waals surface area contributed by atoms with E-state index < -0.39 is 2.69 Å². The summed E-state index contributed by atoms with van der Waals surface area (Å²) >= 11 is 17.5. The molecule has 0 amide bonds. The topological polar surface area (TPSA) is 0 Å². The number of halogens is 4. The van der Waals surface area contributed by atoms with E-state index >= 15 is 0 Å². The molecule has 0 unspecified atom stereocenters. The highest BCUT2D eigenvalue weighted by molar-refractivity contribution is 9.26. The highest BCUT2D eigenvalue weighted by Gasteiger charge is 2.16. The van der Waals surface area contributed by atoms with Crippen LogP contribution in [0, 0.1) is 0 Å². The number of hydrogen-bond acceptors (Lipinski definition) is 0. The van der Waals surface area contributed by atoms with Gasteiger partial charge in [-0.3, -0.25) is 0 Å². The Morgan fingerprint density at radius 2 is 1.88 bits per heavy atom. The Kier molecular flexibility index (Phi) is 5.21. The van der Waals surface area contributed by atoms with Crippen molar-refractivity contribution in [3.8, 4) is 0 Å². The fourth-order valence-corrected chi connectivity index (χ4v) is 1.10. The van der Waals surface area contributed by atoms with Gasteiger partial charge >= 0.3 is 0 Å². The van der Waals surface area contributed by atoms with Crippen LogP contribution in [0.1, 0.15) is 12.8 Å². The Bertz CT molecular complexity index is 59.5. The van der Waals surface area contributed by atoms with Crippen LogP contribution in [0.5, 0.6) is 0 Å². The molecular weight excluding hydrogens is 279 g/mol. The van der Waals surface area contributed by atoms with Gasteiger partial charge in [0.15, 0.2) is 2.69 Å². The van der Waals surface area contributed by atoms with Crippen molar-refractivity contribution in [1.82, 2.24) is 0 Å². The first-order chi connectivity index (χ1) is 3.56. The van der Waals surface area contributed by atoms with Crippen molar-refractivity contribution in [2.75, 3.05) is 5.88 Å². The zero-order valence-corrected chi connectivity index (χ0v) is 8.82. The van der Waals surface area contributed by atoms with E-state index in [1.807, 2.05) is 0 Å². The molecule has 0 aliphatic rings. The van der Waals surface area contributed by atoms with Crippen molar-refractivity contribution in [3.05, 3.63) is 0 Å². The van der Waals surface area contributed by atoms with Crippen molar-refractivity contribution < 1.29 is 0 Å². The summed E-state index contributed by atoms with van der Waals surface area (Å²) in [6.07, 6.45) is 1.75. The maximum Gasteiger partial charge on any atom is 0.153 e. The van der Waals surface area contributed by atoms with E-state index in [1.165, 1.54) is 0 Å². The molecule has 0 radical (unpaired) electrons. The highest BCUT2D eigenvalue weighted by atomic mass is 79.9. The lowest BCUT2D eigenvalue weighted by Gasteiger charge is -2.08. The second-order valence-corrected chi connectivity index (χ2v) is 7.12. The van der Waals surface area contributed by atoms with Gasteiger partial charge in [0.1, 0.15) is 0 Å². The Hall–Kier alpha value is 1.54. The molecule has 4 heteroatoms. The van der Waals surface area contributed by atoms with Crippen molar-refractivity contribution in [2.45, 2.75) is 15.5 Å². The smallest absolute Gasteiger partial charge is 0.127 e. The van der Waals surface area contributed by atoms with Crippen molar-refractivity contribution >= 4 is 55.1 Å². The zero-order chi connectivity index (χ0) is 6.62. The third kappa shape index (κ3) is 7.54. The minimum Gasteiger partial charge on any atom is -0.127 e. The molecule has 0 bridgehead atoms. The van der Waals surface area contributed by atoms with Gasteiger partial charge in [0.05, 0.1) is 0 Å². The molecule has 0 nitrogen and oxygen atoms in total. The van der Waals surface area contributed by atoms with Crippen LogP contribution in [0.4, 0.5) is 0 Å². The molecule has 0 aromatic rings. The third-order valence-electron chi connectivity index (χ3n) is 0.594. The molecule has 8 heavy (non-hydrogen) atoms. The van der Waals surface area contributed by atoms with Crippen LogP contribution in [0.15, 0.2) is 0 Å². The molecule has 0 aliphatic heterocycles. The molecule has 0 heterocycles. The SMILES string of the molecule is ClCCCC(Cl)(Br)Br. The fraction of sp³-hybridized carbons (Fsp3) is 1.00. The van der Waals surface area contributed by atoms with Gasteiger partial charge in [-0.15, -0.1) is 11.6 Å². The summed E-state index contributed by atoms with van der Waals surface area (Å²) in [5.41, 5.74) is 0. The van der Waals surface area contributed by atoms with Crippen LogP contribution >= 0.6 is 55.1 Å². The quantitative estimate of drug-likeness (QED) is 0.694. The monoisotopic (exact) mass is 282 g/mol. The second-order valence-electron chi connectivity index (χ2n) is 1.41. The molecule has 0 aromatic carbocycles. The van der Waals surface area contributed by atoms with Gasteiger partial charge < -0.3 is 0 Å². The summed E-state index contributed by atoms with van der Waals surface area (Å²) in [5.74, 6) is 0.658. The molecule has 0 fully saturated rings. The normalized spacial score (nSPS) is 12.0. The summed E-state index contributed by atoms with van der Waals surface area (Å²) in [6, 6.07) is 0. The Morgan fingerprint density at radius 3 is 2.00 bits per heavy atom. The van der Waals surface area contributed by atoms with E-state index in [0.717, 1.165) is 12.8 Å². The van der Waals surface area contributed by atoms with Crippen LogP contribution in [0.3, 0.4) is 0 Å². The molecule has 0 rings (SSSR count). The first kappa shape index (κ1) is 9.54. The average molecular weight is 285 g/mol. The minimum absolute atomic E-state index is 0.436. The first-order valence-electron chi connectivity index (χ1n) is 2.19. The van der Waals surface area contributed by atoms with Crippen molar-refractivity contribution in [1.29, 1.82) is 0 Å². The van der Waals surface area contributed by atoms with Crippen LogP contribution in [-0.2, 0) is 0 Å². The van der Waals surface area contributed by atoms with Gasteiger partial charge in [-0.1, -0.05) is 43.5 Å². The van der Waals surface area contributed by atoms with Crippen LogP contribution < -0.4 is 0 Å². The van der Waals surface area contributed by atoms with E-state index in [1.54, 1.807) is 0 Å². The van der Waals surface area contributed by atoms with Gasteiger partial charge in [-0.25, -0.2) is 0 Å². The Balaban J connectivity index is 3.11. The second kappa shape index (κ2) is 4.37. The number of alkyl halides is 4. The average Bonchev–Trinajstić information content (AvgIpc) is 1.59. The molecule has 0 aliphatic carbocycles. The molecule has 50 valence electrons. The zero-order valence-electron chi connectivity index (χ0n) is 4.13. The molecule has 0 aromatic heterocycles. The number of rotatable bonds is 3. The van der Waals surface area contributed by atoms with Gasteiger partial charge in [0.25, 0.3) is 0 Å². The highest BCUT2D eigenvalue weighted by Crippen LogP contribution is 2.35. The summed E-state index contributed by atoms with van der Waals surface area (Å²) in [6.45, 7) is 0. The maximum atomic E-state index is 5.69. The predicted octanol–water partition coefficient (Wildman–Crippen LogP) is 3.69. The lowest BCUT2D eigenvalue weighted by atomic mass is 10.4. The van der Waals surface area contributed by atoms with Crippen LogP contribution in [0.2, 0.25) is 0 Å². The van der Waals surface area contributed by atoms with E-state index in [0.29, 0.717) is 5.88 Å². The standard InChI is InChI=1S/C4H6Br2Cl2/c5-4(6,8)2-1-3-7/h1-3H2. The number of hydrogen-bond donors (Lipinski definition) is 0. The summed E-state index contributed by atoms with van der Waals surface area (Å²) < 4.78 is -0.436. The fourth-order valence-electron chi connectivity index (χ4n) is 0.267. The predicted molar refractivity (Wildman–Crippen MR) is 46.4 cm³/mol. The summed E-state index contributed by atoms with van der Waals surface area (Å²) in [7, 11) is 0. The van der Waals surface area contributed by atoms with Crippen molar-refractivity contribution in [3.63, 3.8) is 0 Å².